The molecule has 0 aliphatic carbocycles. The smallest absolute Gasteiger partial charge is 0.138 e. The Labute approximate surface area is 116 Å². The number of aromatic nitrogens is 2. The van der Waals surface area contributed by atoms with E-state index in [4.69, 9.17) is 11.6 Å². The van der Waals surface area contributed by atoms with Gasteiger partial charge in [-0.05, 0) is 24.9 Å². The lowest BCUT2D eigenvalue weighted by atomic mass is 10.0. The molecule has 1 saturated heterocycles. The van der Waals surface area contributed by atoms with Crippen molar-refractivity contribution in [2.45, 2.75) is 25.4 Å². The fraction of sp³-hybridized carbons (Fsp3) is 0.385. The van der Waals surface area contributed by atoms with Gasteiger partial charge in [-0.1, -0.05) is 46.4 Å². The van der Waals surface area contributed by atoms with Gasteiger partial charge in [-0.3, -0.25) is 4.90 Å². The van der Waals surface area contributed by atoms with Crippen molar-refractivity contribution in [3.63, 3.8) is 0 Å². The van der Waals surface area contributed by atoms with Crippen LogP contribution in [-0.4, -0.2) is 21.0 Å². The molecule has 0 saturated carbocycles. The minimum Gasteiger partial charge on any atom is -0.290 e. The Balaban J connectivity index is 1.78. The monoisotopic (exact) mass is 279 g/mol. The molecule has 18 heavy (non-hydrogen) atoms. The topological polar surface area (TPSA) is 29.0 Å². The summed E-state index contributed by atoms with van der Waals surface area (Å²) in [5.41, 5.74) is 2.29. The van der Waals surface area contributed by atoms with Crippen molar-refractivity contribution in [1.29, 1.82) is 0 Å². The summed E-state index contributed by atoms with van der Waals surface area (Å²) in [6.07, 6.45) is 2.44. The van der Waals surface area contributed by atoms with Gasteiger partial charge in [0.25, 0.3) is 0 Å². The summed E-state index contributed by atoms with van der Waals surface area (Å²) in [6.45, 7) is 1.91. The molecule has 1 atom stereocenters. The SMILES string of the molecule is Clc1snnc1CN1CCCC1c1ccccc1. The molecule has 2 heterocycles. The summed E-state index contributed by atoms with van der Waals surface area (Å²) in [7, 11) is 0. The average molecular weight is 280 g/mol. The van der Waals surface area contributed by atoms with Gasteiger partial charge in [0.15, 0.2) is 0 Å². The molecule has 1 unspecified atom stereocenters. The number of rotatable bonds is 3. The summed E-state index contributed by atoms with van der Waals surface area (Å²) >= 11 is 7.34. The standard InChI is InChI=1S/C13H14ClN3S/c14-13-11(15-16-18-13)9-17-8-4-7-12(17)10-5-2-1-3-6-10/h1-3,5-6,12H,4,7-9H2. The predicted octanol–water partition coefficient (Wildman–Crippen LogP) is 3.53. The Bertz CT molecular complexity index is 514. The van der Waals surface area contributed by atoms with E-state index >= 15 is 0 Å². The minimum atomic E-state index is 0.490. The number of hydrogen-bond acceptors (Lipinski definition) is 4. The first-order valence-corrected chi connectivity index (χ1v) is 7.25. The van der Waals surface area contributed by atoms with Crippen LogP contribution in [-0.2, 0) is 6.54 Å². The Kier molecular flexibility index (Phi) is 3.59. The van der Waals surface area contributed by atoms with Gasteiger partial charge in [0, 0.05) is 24.1 Å². The van der Waals surface area contributed by atoms with E-state index in [0.29, 0.717) is 10.4 Å². The van der Waals surface area contributed by atoms with Crippen molar-refractivity contribution in [1.82, 2.24) is 14.5 Å². The molecular formula is C13H14ClN3S. The zero-order valence-electron chi connectivity index (χ0n) is 9.92. The van der Waals surface area contributed by atoms with E-state index in [-0.39, 0.29) is 0 Å². The number of nitrogens with zero attached hydrogens (tertiary/aromatic N) is 3. The summed E-state index contributed by atoms with van der Waals surface area (Å²) in [5, 5.41) is 4.10. The Hall–Kier alpha value is -0.970. The molecule has 1 aromatic heterocycles. The molecule has 0 N–H and O–H groups in total. The zero-order chi connectivity index (χ0) is 12.4. The van der Waals surface area contributed by atoms with E-state index in [1.807, 2.05) is 0 Å². The van der Waals surface area contributed by atoms with E-state index in [0.717, 1.165) is 18.8 Å². The van der Waals surface area contributed by atoms with Gasteiger partial charge in [0.1, 0.15) is 10.0 Å². The molecule has 5 heteroatoms. The van der Waals surface area contributed by atoms with Crippen LogP contribution < -0.4 is 0 Å². The first-order valence-electron chi connectivity index (χ1n) is 6.10. The van der Waals surface area contributed by atoms with Gasteiger partial charge >= 0.3 is 0 Å². The van der Waals surface area contributed by atoms with Gasteiger partial charge < -0.3 is 0 Å². The Morgan fingerprint density at radius 2 is 2.17 bits per heavy atom. The van der Waals surface area contributed by atoms with Gasteiger partial charge in [0.2, 0.25) is 0 Å². The largest absolute Gasteiger partial charge is 0.290 e. The predicted molar refractivity (Wildman–Crippen MR) is 73.7 cm³/mol. The molecule has 2 aromatic rings. The molecule has 1 aromatic carbocycles. The average Bonchev–Trinajstić information content (AvgIpc) is 3.01. The molecular weight excluding hydrogens is 266 g/mol. The third kappa shape index (κ3) is 2.41. The van der Waals surface area contributed by atoms with Crippen molar-refractivity contribution in [2.24, 2.45) is 0 Å². The fourth-order valence-corrected chi connectivity index (χ4v) is 3.16. The quantitative estimate of drug-likeness (QED) is 0.861. The van der Waals surface area contributed by atoms with E-state index < -0.39 is 0 Å². The second-order valence-electron chi connectivity index (χ2n) is 4.53. The van der Waals surface area contributed by atoms with Crippen molar-refractivity contribution in [3.05, 3.63) is 45.9 Å². The number of halogens is 1. The second kappa shape index (κ2) is 5.34. The molecule has 0 spiro atoms. The third-order valence-corrected chi connectivity index (χ3v) is 4.39. The van der Waals surface area contributed by atoms with E-state index in [9.17, 15) is 0 Å². The van der Waals surface area contributed by atoms with Crippen LogP contribution in [0.2, 0.25) is 4.34 Å². The maximum absolute atomic E-state index is 6.08. The molecule has 1 aliphatic rings. The van der Waals surface area contributed by atoms with Crippen LogP contribution >= 0.6 is 23.1 Å². The number of benzene rings is 1. The first-order chi connectivity index (χ1) is 8.84. The maximum Gasteiger partial charge on any atom is 0.138 e. The highest BCUT2D eigenvalue weighted by Gasteiger charge is 2.27. The van der Waals surface area contributed by atoms with Crippen molar-refractivity contribution in [2.75, 3.05) is 6.54 Å². The molecule has 94 valence electrons. The third-order valence-electron chi connectivity index (χ3n) is 3.41. The van der Waals surface area contributed by atoms with Crippen LogP contribution in [0.25, 0.3) is 0 Å². The van der Waals surface area contributed by atoms with Crippen LogP contribution in [0.3, 0.4) is 0 Å². The number of likely N-dealkylation sites (tertiary alicyclic amines) is 1. The van der Waals surface area contributed by atoms with Gasteiger partial charge in [-0.2, -0.15) is 0 Å². The Morgan fingerprint density at radius 3 is 2.89 bits per heavy atom. The van der Waals surface area contributed by atoms with Crippen molar-refractivity contribution >= 4 is 23.1 Å². The molecule has 0 bridgehead atoms. The molecule has 0 radical (unpaired) electrons. The fourth-order valence-electron chi connectivity index (χ4n) is 2.55. The lowest BCUT2D eigenvalue weighted by molar-refractivity contribution is 0.245. The zero-order valence-corrected chi connectivity index (χ0v) is 11.5. The van der Waals surface area contributed by atoms with E-state index in [1.54, 1.807) is 0 Å². The highest BCUT2D eigenvalue weighted by Crippen LogP contribution is 2.33. The molecule has 1 fully saturated rings. The van der Waals surface area contributed by atoms with Crippen LogP contribution in [0.4, 0.5) is 0 Å². The second-order valence-corrected chi connectivity index (χ2v) is 5.89. The maximum atomic E-state index is 6.08. The van der Waals surface area contributed by atoms with Crippen LogP contribution in [0.15, 0.2) is 30.3 Å². The van der Waals surface area contributed by atoms with Gasteiger partial charge in [-0.25, -0.2) is 0 Å². The summed E-state index contributed by atoms with van der Waals surface area (Å²) in [5.74, 6) is 0. The summed E-state index contributed by atoms with van der Waals surface area (Å²) in [6, 6.07) is 11.1. The lowest BCUT2D eigenvalue weighted by Gasteiger charge is -2.23. The first kappa shape index (κ1) is 12.1. The van der Waals surface area contributed by atoms with Crippen molar-refractivity contribution in [3.8, 4) is 0 Å². The molecule has 1 aliphatic heterocycles. The van der Waals surface area contributed by atoms with Gasteiger partial charge in [-0.15, -0.1) is 5.10 Å². The van der Waals surface area contributed by atoms with Crippen LogP contribution in [0.1, 0.15) is 30.1 Å². The minimum absolute atomic E-state index is 0.490. The Morgan fingerprint density at radius 1 is 1.33 bits per heavy atom. The van der Waals surface area contributed by atoms with E-state index in [1.165, 1.54) is 29.9 Å². The summed E-state index contributed by atoms with van der Waals surface area (Å²) in [4.78, 5) is 2.44. The molecule has 3 rings (SSSR count). The van der Waals surface area contributed by atoms with Gasteiger partial charge in [0.05, 0.1) is 0 Å². The summed E-state index contributed by atoms with van der Waals surface area (Å²) < 4.78 is 4.61. The van der Waals surface area contributed by atoms with Crippen LogP contribution in [0.5, 0.6) is 0 Å². The molecule has 3 nitrogen and oxygen atoms in total. The highest BCUT2D eigenvalue weighted by atomic mass is 35.5. The number of hydrogen-bond donors (Lipinski definition) is 0. The highest BCUT2D eigenvalue weighted by molar-refractivity contribution is 7.10. The molecule has 0 amide bonds. The van der Waals surface area contributed by atoms with E-state index in [2.05, 4.69) is 44.8 Å². The van der Waals surface area contributed by atoms with Crippen LogP contribution in [0, 0.1) is 0 Å². The van der Waals surface area contributed by atoms with Crippen molar-refractivity contribution < 1.29 is 0 Å². The lowest BCUT2D eigenvalue weighted by Crippen LogP contribution is -2.23. The normalized spacial score (nSPS) is 20.4.